The Morgan fingerprint density at radius 2 is 1.40 bits per heavy atom. The molecule has 6 atom stereocenters. The van der Waals surface area contributed by atoms with Crippen LogP contribution >= 0.6 is 39.1 Å². The Morgan fingerprint density at radius 3 is 2.02 bits per heavy atom. The van der Waals surface area contributed by atoms with Crippen LogP contribution in [0.3, 0.4) is 0 Å². The van der Waals surface area contributed by atoms with Crippen molar-refractivity contribution in [3.63, 3.8) is 0 Å². The van der Waals surface area contributed by atoms with E-state index < -0.39 is 98.2 Å². The molecule has 47 heavy (non-hydrogen) atoms. The van der Waals surface area contributed by atoms with Gasteiger partial charge in [0.25, 0.3) is 11.8 Å². The van der Waals surface area contributed by atoms with Gasteiger partial charge in [-0.3, -0.25) is 24.1 Å². The number of halogens is 8. The number of anilines is 2. The fraction of sp³-hybridized carbons (Fsp3) is 0.250. The van der Waals surface area contributed by atoms with Crippen molar-refractivity contribution in [2.75, 3.05) is 9.80 Å². The first-order valence-corrected chi connectivity index (χ1v) is 15.6. The van der Waals surface area contributed by atoms with E-state index in [-0.39, 0.29) is 33.9 Å². The first-order chi connectivity index (χ1) is 22.1. The summed E-state index contributed by atoms with van der Waals surface area (Å²) in [6.45, 7) is 0. The van der Waals surface area contributed by atoms with Gasteiger partial charge in [-0.1, -0.05) is 39.7 Å². The van der Waals surface area contributed by atoms with Crippen molar-refractivity contribution < 1.29 is 46.2 Å². The smallest absolute Gasteiger partial charge is 0.258 e. The fourth-order valence-corrected chi connectivity index (χ4v) is 8.69. The Bertz CT molecular complexity index is 1970. The van der Waals surface area contributed by atoms with E-state index >= 15 is 8.78 Å². The summed E-state index contributed by atoms with van der Waals surface area (Å²) in [4.78, 5) is 51.6. The summed E-state index contributed by atoms with van der Waals surface area (Å²) in [5, 5.41) is 10.4. The number of carbonyl (C=O) groups is 4. The van der Waals surface area contributed by atoms with E-state index in [2.05, 4.69) is 15.9 Å². The Kier molecular flexibility index (Phi) is 7.16. The van der Waals surface area contributed by atoms with Crippen LogP contribution in [0.4, 0.5) is 33.3 Å². The number of carbonyl (C=O) groups excluding carboxylic acids is 4. The third-order valence-corrected chi connectivity index (χ3v) is 11.5. The van der Waals surface area contributed by atoms with Gasteiger partial charge in [0.05, 0.1) is 17.5 Å². The van der Waals surface area contributed by atoms with Gasteiger partial charge in [-0.05, 0) is 60.7 Å². The molecule has 2 aliphatic carbocycles. The van der Waals surface area contributed by atoms with Gasteiger partial charge in [-0.2, -0.15) is 0 Å². The van der Waals surface area contributed by atoms with E-state index in [0.717, 1.165) is 4.90 Å². The summed E-state index contributed by atoms with van der Waals surface area (Å²) >= 11 is 17.4. The van der Waals surface area contributed by atoms with Crippen molar-refractivity contribution in [2.45, 2.75) is 28.5 Å². The van der Waals surface area contributed by atoms with Crippen LogP contribution in [0, 0.1) is 46.8 Å². The zero-order valence-electron chi connectivity index (χ0n) is 23.4. The van der Waals surface area contributed by atoms with Crippen LogP contribution in [-0.4, -0.2) is 38.5 Å². The Balaban J connectivity index is 1.42. The summed E-state index contributed by atoms with van der Waals surface area (Å²) in [7, 11) is 0. The second-order valence-corrected chi connectivity index (χ2v) is 13.9. The number of amides is 4. The van der Waals surface area contributed by atoms with Gasteiger partial charge in [0.2, 0.25) is 17.6 Å². The molecule has 7 rings (SSSR count). The van der Waals surface area contributed by atoms with Gasteiger partial charge < -0.3 is 5.11 Å². The van der Waals surface area contributed by atoms with E-state index in [9.17, 15) is 37.5 Å². The van der Waals surface area contributed by atoms with E-state index in [4.69, 9.17) is 23.2 Å². The number of phenols is 1. The minimum atomic E-state index is -2.66. The van der Waals surface area contributed by atoms with Crippen LogP contribution in [0.15, 0.2) is 64.7 Å². The van der Waals surface area contributed by atoms with Crippen molar-refractivity contribution in [3.05, 3.63) is 99.3 Å². The van der Waals surface area contributed by atoms with E-state index in [1.807, 2.05) is 0 Å². The SMILES string of the molecule is O=C1[C@H]2[C@H](CC=C3[C@H]2C[C@@]2(Cl)C(=O)N(c4c(F)c(F)c(F)c(F)c4F)C(=O)[C@@]2(Cl)[C@H]3c2cccc(O)c2)C(=O)N1c1ccc(Br)cc1. The Labute approximate surface area is 280 Å². The zero-order chi connectivity index (χ0) is 33.9. The van der Waals surface area contributed by atoms with Crippen LogP contribution in [0.5, 0.6) is 5.75 Å². The molecule has 15 heteroatoms. The number of aromatic hydroxyl groups is 1. The Hall–Kier alpha value is -3.81. The van der Waals surface area contributed by atoms with Crippen LogP contribution < -0.4 is 9.80 Å². The predicted molar refractivity (Wildman–Crippen MR) is 161 cm³/mol. The number of benzene rings is 3. The summed E-state index contributed by atoms with van der Waals surface area (Å²) in [6.07, 6.45) is 0.954. The van der Waals surface area contributed by atoms with Crippen LogP contribution in [-0.2, 0) is 19.2 Å². The largest absolute Gasteiger partial charge is 0.508 e. The Morgan fingerprint density at radius 1 is 0.787 bits per heavy atom. The number of nitrogens with zero attached hydrogens (tertiary/aromatic N) is 2. The number of allylic oxidation sites excluding steroid dienone is 2. The maximum Gasteiger partial charge on any atom is 0.258 e. The van der Waals surface area contributed by atoms with Crippen molar-refractivity contribution in [2.24, 2.45) is 17.8 Å². The lowest BCUT2D eigenvalue weighted by molar-refractivity contribution is -0.125. The summed E-state index contributed by atoms with van der Waals surface area (Å²) in [6, 6.07) is 11.7. The normalized spacial score (nSPS) is 30.0. The highest BCUT2D eigenvalue weighted by Crippen LogP contribution is 2.66. The molecule has 2 saturated heterocycles. The fourth-order valence-electron chi connectivity index (χ4n) is 7.49. The van der Waals surface area contributed by atoms with Gasteiger partial charge in [0.1, 0.15) is 11.4 Å². The van der Waals surface area contributed by atoms with Gasteiger partial charge in [0, 0.05) is 10.4 Å². The van der Waals surface area contributed by atoms with Crippen molar-refractivity contribution in [3.8, 4) is 5.75 Å². The molecule has 3 aromatic carbocycles. The number of rotatable bonds is 3. The highest BCUT2D eigenvalue weighted by Gasteiger charge is 2.77. The second kappa shape index (κ2) is 10.6. The van der Waals surface area contributed by atoms with Gasteiger partial charge in [-0.15, -0.1) is 23.2 Å². The molecule has 7 nitrogen and oxygen atoms in total. The topological polar surface area (TPSA) is 95.0 Å². The highest BCUT2D eigenvalue weighted by molar-refractivity contribution is 9.10. The molecule has 4 amide bonds. The second-order valence-electron chi connectivity index (χ2n) is 11.8. The van der Waals surface area contributed by atoms with Crippen LogP contribution in [0.2, 0.25) is 0 Å². The third kappa shape index (κ3) is 4.08. The molecule has 1 saturated carbocycles. The maximum absolute atomic E-state index is 15.1. The van der Waals surface area contributed by atoms with E-state index in [0.29, 0.717) is 4.47 Å². The molecule has 2 heterocycles. The van der Waals surface area contributed by atoms with Crippen LogP contribution in [0.25, 0.3) is 0 Å². The van der Waals surface area contributed by atoms with Crippen molar-refractivity contribution in [1.82, 2.24) is 0 Å². The molecule has 3 fully saturated rings. The number of hydrogen-bond donors (Lipinski definition) is 1. The molecule has 0 spiro atoms. The third-order valence-electron chi connectivity index (χ3n) is 9.51. The molecule has 1 N–H and O–H groups in total. The predicted octanol–water partition coefficient (Wildman–Crippen LogP) is 6.62. The summed E-state index contributed by atoms with van der Waals surface area (Å²) in [5.41, 5.74) is -1.20. The lowest BCUT2D eigenvalue weighted by Crippen LogP contribution is -2.60. The van der Waals surface area contributed by atoms with Gasteiger partial charge in [-0.25, -0.2) is 26.9 Å². The first-order valence-electron chi connectivity index (χ1n) is 14.1. The molecule has 0 radical (unpaired) electrons. The maximum atomic E-state index is 15.1. The monoisotopic (exact) mass is 754 g/mol. The molecule has 3 aromatic rings. The minimum Gasteiger partial charge on any atom is -0.508 e. The van der Waals surface area contributed by atoms with E-state index in [1.54, 1.807) is 30.3 Å². The molecule has 242 valence electrons. The highest BCUT2D eigenvalue weighted by atomic mass is 79.9. The average Bonchev–Trinajstić information content (AvgIpc) is 3.38. The molecule has 2 aliphatic heterocycles. The minimum absolute atomic E-state index is 0.00480. The standard InChI is InChI=1S/C32H18BrCl2F5N2O5/c33-13-4-6-14(7-5-13)41-27(44)17-9-8-16-18(19(17)28(41)45)11-31(34)29(46)42(26-24(39)22(37)21(36)23(38)25(26)40)30(47)32(31,35)20(16)12-2-1-3-15(43)10-12/h1-8,10,17-20,43H,9,11H2/t17-,18+,19-,20-,31+,32-/m0/s1. The lowest BCUT2D eigenvalue weighted by atomic mass is 9.56. The van der Waals surface area contributed by atoms with Crippen molar-refractivity contribution >= 4 is 74.1 Å². The first kappa shape index (κ1) is 31.8. The number of hydrogen-bond acceptors (Lipinski definition) is 5. The van der Waals surface area contributed by atoms with Gasteiger partial charge in [0.15, 0.2) is 33.0 Å². The molecule has 4 aliphatic rings. The number of imide groups is 2. The number of alkyl halides is 2. The molecular formula is C32H18BrCl2F5N2O5. The average molecular weight is 756 g/mol. The summed E-state index contributed by atoms with van der Waals surface area (Å²) < 4.78 is 73.5. The molecular weight excluding hydrogens is 738 g/mol. The molecule has 0 unspecified atom stereocenters. The quantitative estimate of drug-likeness (QED) is 0.0811. The van der Waals surface area contributed by atoms with E-state index in [1.165, 1.54) is 24.3 Å². The summed E-state index contributed by atoms with van der Waals surface area (Å²) in [5.74, 6) is -21.5. The molecule has 0 aromatic heterocycles. The lowest BCUT2D eigenvalue weighted by Gasteiger charge is -2.50. The van der Waals surface area contributed by atoms with Crippen LogP contribution in [0.1, 0.15) is 24.3 Å². The zero-order valence-corrected chi connectivity index (χ0v) is 26.5. The van der Waals surface area contributed by atoms with Crippen molar-refractivity contribution in [1.29, 1.82) is 0 Å². The van der Waals surface area contributed by atoms with Gasteiger partial charge >= 0.3 is 0 Å². The molecule has 0 bridgehead atoms. The number of phenolic OH excluding ortho intramolecular Hbond substituents is 1. The number of fused-ring (bicyclic) bond motifs is 4.